The minimum atomic E-state index is 1.08. The van der Waals surface area contributed by atoms with Crippen LogP contribution in [0.3, 0.4) is 0 Å². The molecule has 0 bridgehead atoms. The molecule has 0 aliphatic heterocycles. The summed E-state index contributed by atoms with van der Waals surface area (Å²) in [6.07, 6.45) is 0. The molecule has 13 rings (SSSR count). The van der Waals surface area contributed by atoms with Crippen LogP contribution < -0.4 is 4.90 Å². The summed E-state index contributed by atoms with van der Waals surface area (Å²) in [5.41, 5.74) is 16.5. The van der Waals surface area contributed by atoms with Gasteiger partial charge in [-0.25, -0.2) is 0 Å². The van der Waals surface area contributed by atoms with Crippen LogP contribution in [-0.4, -0.2) is 4.57 Å². The smallest absolute Gasteiger partial charge is 0.0562 e. The minimum absolute atomic E-state index is 1.08. The van der Waals surface area contributed by atoms with Gasteiger partial charge in [-0.15, -0.1) is 0 Å². The highest BCUT2D eigenvalue weighted by Gasteiger charge is 2.22. The van der Waals surface area contributed by atoms with Gasteiger partial charge in [0.2, 0.25) is 0 Å². The molecule has 1 heterocycles. The molecule has 0 unspecified atom stereocenters. The van der Waals surface area contributed by atoms with Crippen LogP contribution in [0.4, 0.5) is 17.1 Å². The number of para-hydroxylation sites is 2. The van der Waals surface area contributed by atoms with Gasteiger partial charge in [-0.05, 0) is 137 Å². The molecule has 0 spiro atoms. The maximum absolute atomic E-state index is 2.44. The average molecular weight is 865 g/mol. The summed E-state index contributed by atoms with van der Waals surface area (Å²) < 4.78 is 2.40. The maximum Gasteiger partial charge on any atom is 0.0562 e. The van der Waals surface area contributed by atoms with E-state index in [0.29, 0.717) is 0 Å². The summed E-state index contributed by atoms with van der Waals surface area (Å²) in [6.45, 7) is 0. The summed E-state index contributed by atoms with van der Waals surface area (Å²) in [5.74, 6) is 0. The van der Waals surface area contributed by atoms with Gasteiger partial charge in [0.25, 0.3) is 0 Å². The predicted molar refractivity (Wildman–Crippen MR) is 290 cm³/mol. The first-order valence-corrected chi connectivity index (χ1v) is 23.4. The first-order chi connectivity index (χ1) is 33.8. The fourth-order valence-corrected chi connectivity index (χ4v) is 10.7. The van der Waals surface area contributed by atoms with Gasteiger partial charge in [0.1, 0.15) is 0 Å². The van der Waals surface area contributed by atoms with Gasteiger partial charge in [-0.1, -0.05) is 206 Å². The first-order valence-electron chi connectivity index (χ1n) is 23.4. The number of nitrogens with zero attached hydrogens (tertiary/aromatic N) is 2. The van der Waals surface area contributed by atoms with Gasteiger partial charge >= 0.3 is 0 Å². The highest BCUT2D eigenvalue weighted by molar-refractivity contribution is 6.22. The van der Waals surface area contributed by atoms with Gasteiger partial charge in [-0.3, -0.25) is 0 Å². The van der Waals surface area contributed by atoms with Crippen molar-refractivity contribution >= 4 is 71.2 Å². The molecular weight excluding hydrogens is 821 g/mol. The number of hydrogen-bond donors (Lipinski definition) is 0. The molecule has 0 N–H and O–H groups in total. The van der Waals surface area contributed by atoms with Crippen LogP contribution in [0.15, 0.2) is 267 Å². The maximum atomic E-state index is 2.44. The van der Waals surface area contributed by atoms with Crippen molar-refractivity contribution in [3.8, 4) is 50.2 Å². The molecule has 2 nitrogen and oxygen atoms in total. The molecule has 0 atom stereocenters. The van der Waals surface area contributed by atoms with Crippen LogP contribution >= 0.6 is 0 Å². The van der Waals surface area contributed by atoms with Gasteiger partial charge in [0.15, 0.2) is 0 Å². The van der Waals surface area contributed by atoms with Crippen LogP contribution in [0.2, 0.25) is 0 Å². The molecular formula is C66H44N2. The molecule has 2 heteroatoms. The zero-order valence-electron chi connectivity index (χ0n) is 37.3. The summed E-state index contributed by atoms with van der Waals surface area (Å²) in [7, 11) is 0. The van der Waals surface area contributed by atoms with Crippen LogP contribution in [0, 0.1) is 0 Å². The molecule has 0 amide bonds. The average Bonchev–Trinajstić information content (AvgIpc) is 3.76. The Bertz CT molecular complexity index is 3980. The third-order valence-corrected chi connectivity index (χ3v) is 13.8. The monoisotopic (exact) mass is 864 g/mol. The molecule has 0 radical (unpaired) electrons. The van der Waals surface area contributed by atoms with Crippen LogP contribution in [0.5, 0.6) is 0 Å². The molecule has 0 saturated heterocycles. The quantitative estimate of drug-likeness (QED) is 0.138. The molecule has 0 aliphatic carbocycles. The number of hydrogen-bond acceptors (Lipinski definition) is 1. The van der Waals surface area contributed by atoms with Gasteiger partial charge in [0.05, 0.1) is 16.7 Å². The van der Waals surface area contributed by atoms with E-state index in [1.54, 1.807) is 0 Å². The van der Waals surface area contributed by atoms with E-state index in [0.717, 1.165) is 33.8 Å². The standard InChI is InChI=1S/C66H44N2/c1-4-19-48(20-5-1)64-58-28-13-12-27-56(58)57-43-38-50(44-60(57)65(64)49-21-6-2-7-22-49)45-34-39-52(40-35-45)67(53-41-36-47(37-42-53)55-30-16-23-46-18-10-11-26-54(46)55)62-32-17-33-63-66(62)59-29-14-15-31-61(59)68(63)51-24-8-3-9-25-51/h1-44H. The molecule has 0 fully saturated rings. The number of rotatable bonds is 8. The molecule has 0 aliphatic rings. The second-order valence-corrected chi connectivity index (χ2v) is 17.6. The minimum Gasteiger partial charge on any atom is -0.310 e. The van der Waals surface area contributed by atoms with E-state index >= 15 is 0 Å². The molecule has 12 aromatic carbocycles. The second kappa shape index (κ2) is 16.5. The Hall–Kier alpha value is -8.98. The van der Waals surface area contributed by atoms with E-state index in [1.807, 2.05) is 0 Å². The second-order valence-electron chi connectivity index (χ2n) is 17.6. The zero-order valence-corrected chi connectivity index (χ0v) is 37.3. The summed E-state index contributed by atoms with van der Waals surface area (Å²) >= 11 is 0. The topological polar surface area (TPSA) is 8.17 Å². The lowest BCUT2D eigenvalue weighted by Gasteiger charge is -2.27. The van der Waals surface area contributed by atoms with Gasteiger partial charge in [-0.2, -0.15) is 0 Å². The third kappa shape index (κ3) is 6.57. The lowest BCUT2D eigenvalue weighted by atomic mass is 9.84. The highest BCUT2D eigenvalue weighted by Crippen LogP contribution is 2.47. The van der Waals surface area contributed by atoms with Crippen LogP contribution in [0.1, 0.15) is 0 Å². The molecule has 68 heavy (non-hydrogen) atoms. The van der Waals surface area contributed by atoms with Crippen molar-refractivity contribution < 1.29 is 0 Å². The van der Waals surface area contributed by atoms with E-state index in [2.05, 4.69) is 276 Å². The van der Waals surface area contributed by atoms with E-state index in [-0.39, 0.29) is 0 Å². The Morgan fingerprint density at radius 1 is 0.279 bits per heavy atom. The number of benzene rings is 12. The van der Waals surface area contributed by atoms with Crippen molar-refractivity contribution in [2.75, 3.05) is 4.90 Å². The van der Waals surface area contributed by atoms with Crippen molar-refractivity contribution in [3.63, 3.8) is 0 Å². The molecule has 1 aromatic heterocycles. The van der Waals surface area contributed by atoms with Gasteiger partial charge < -0.3 is 9.47 Å². The highest BCUT2D eigenvalue weighted by atomic mass is 15.1. The first kappa shape index (κ1) is 39.4. The Balaban J connectivity index is 0.993. The molecule has 318 valence electrons. The summed E-state index contributed by atoms with van der Waals surface area (Å²) in [5, 5.41) is 9.92. The zero-order chi connectivity index (χ0) is 45.0. The van der Waals surface area contributed by atoms with Gasteiger partial charge in [0, 0.05) is 27.8 Å². The summed E-state index contributed by atoms with van der Waals surface area (Å²) in [4.78, 5) is 2.44. The Morgan fingerprint density at radius 2 is 0.779 bits per heavy atom. The normalized spacial score (nSPS) is 11.5. The number of anilines is 3. The van der Waals surface area contributed by atoms with Crippen molar-refractivity contribution in [3.05, 3.63) is 267 Å². The Labute approximate surface area is 395 Å². The number of fused-ring (bicyclic) bond motifs is 7. The van der Waals surface area contributed by atoms with Crippen LogP contribution in [-0.2, 0) is 0 Å². The van der Waals surface area contributed by atoms with E-state index < -0.39 is 0 Å². The van der Waals surface area contributed by atoms with Crippen molar-refractivity contribution in [1.29, 1.82) is 0 Å². The lowest BCUT2D eigenvalue weighted by Crippen LogP contribution is -2.10. The van der Waals surface area contributed by atoms with E-state index in [4.69, 9.17) is 0 Å². The van der Waals surface area contributed by atoms with Crippen molar-refractivity contribution in [2.45, 2.75) is 0 Å². The Morgan fingerprint density at radius 3 is 1.49 bits per heavy atom. The van der Waals surface area contributed by atoms with Crippen molar-refractivity contribution in [1.82, 2.24) is 4.57 Å². The molecule has 13 aromatic rings. The predicted octanol–water partition coefficient (Wildman–Crippen LogP) is 18.4. The fourth-order valence-electron chi connectivity index (χ4n) is 10.7. The van der Waals surface area contributed by atoms with Crippen LogP contribution in [0.25, 0.3) is 104 Å². The van der Waals surface area contributed by atoms with E-state index in [9.17, 15) is 0 Å². The molecule has 0 saturated carbocycles. The van der Waals surface area contributed by atoms with E-state index in [1.165, 1.54) is 87.6 Å². The third-order valence-electron chi connectivity index (χ3n) is 13.8. The summed E-state index contributed by atoms with van der Waals surface area (Å²) in [6, 6.07) is 97.4. The fraction of sp³-hybridized carbons (Fsp3) is 0. The number of aromatic nitrogens is 1. The Kier molecular flexibility index (Phi) is 9.54. The van der Waals surface area contributed by atoms with Crippen molar-refractivity contribution in [2.24, 2.45) is 0 Å². The lowest BCUT2D eigenvalue weighted by molar-refractivity contribution is 1.18. The SMILES string of the molecule is c1ccc(-c2c(-c3ccccc3)c3cc(-c4ccc(N(c5ccc(-c6cccc7ccccc67)cc5)c5cccc6c5c5ccccc5n6-c5ccccc5)cc4)ccc3c3ccccc23)cc1. The largest absolute Gasteiger partial charge is 0.310 e.